The molecule has 116 valence electrons. The van der Waals surface area contributed by atoms with Gasteiger partial charge in [-0.3, -0.25) is 0 Å². The van der Waals surface area contributed by atoms with E-state index in [1.807, 2.05) is 37.3 Å². The van der Waals surface area contributed by atoms with E-state index < -0.39 is 23.7 Å². The normalized spacial score (nSPS) is 14.1. The van der Waals surface area contributed by atoms with Crippen molar-refractivity contribution in [2.75, 3.05) is 0 Å². The van der Waals surface area contributed by atoms with Crippen LogP contribution in [0.1, 0.15) is 45.6 Å². The molecule has 0 saturated carbocycles. The summed E-state index contributed by atoms with van der Waals surface area (Å²) in [5.74, 6) is -1.38. The van der Waals surface area contributed by atoms with Crippen molar-refractivity contribution in [1.29, 1.82) is 0 Å². The van der Waals surface area contributed by atoms with Crippen molar-refractivity contribution in [3.8, 4) is 0 Å². The van der Waals surface area contributed by atoms with Gasteiger partial charge in [-0.2, -0.15) is 0 Å². The highest BCUT2D eigenvalue weighted by molar-refractivity contribution is 5.81. The van der Waals surface area contributed by atoms with E-state index in [0.717, 1.165) is 5.56 Å². The molecule has 1 amide bonds. The van der Waals surface area contributed by atoms with Crippen molar-refractivity contribution in [2.24, 2.45) is 0 Å². The number of amides is 1. The summed E-state index contributed by atoms with van der Waals surface area (Å²) in [6.07, 6.45) is -0.124. The molecular formula is C16H23NO4. The summed E-state index contributed by atoms with van der Waals surface area (Å²) in [5.41, 5.74) is 0.213. The van der Waals surface area contributed by atoms with Crippen LogP contribution in [-0.2, 0) is 9.53 Å². The van der Waals surface area contributed by atoms with Gasteiger partial charge in [-0.1, -0.05) is 37.3 Å². The Morgan fingerprint density at radius 1 is 1.24 bits per heavy atom. The monoisotopic (exact) mass is 293 g/mol. The third-order valence-electron chi connectivity index (χ3n) is 3.01. The molecule has 0 aliphatic heterocycles. The zero-order valence-corrected chi connectivity index (χ0v) is 12.9. The molecule has 0 unspecified atom stereocenters. The van der Waals surface area contributed by atoms with Crippen LogP contribution in [0.5, 0.6) is 0 Å². The summed E-state index contributed by atoms with van der Waals surface area (Å²) >= 11 is 0. The molecule has 0 radical (unpaired) electrons. The molecule has 0 fully saturated rings. The largest absolute Gasteiger partial charge is 0.480 e. The lowest BCUT2D eigenvalue weighted by Gasteiger charge is -2.26. The molecule has 2 N–H and O–H groups in total. The topological polar surface area (TPSA) is 75.6 Å². The average Bonchev–Trinajstić information content (AvgIpc) is 2.37. The van der Waals surface area contributed by atoms with Crippen LogP contribution in [0.4, 0.5) is 4.79 Å². The number of carboxylic acid groups (broad SMARTS) is 1. The first-order valence-corrected chi connectivity index (χ1v) is 7.02. The highest BCUT2D eigenvalue weighted by atomic mass is 16.6. The molecule has 21 heavy (non-hydrogen) atoms. The Bertz CT molecular complexity index is 479. The Kier molecular flexibility index (Phi) is 5.76. The average molecular weight is 293 g/mol. The van der Waals surface area contributed by atoms with E-state index in [1.54, 1.807) is 20.8 Å². The zero-order valence-electron chi connectivity index (χ0n) is 12.9. The maximum Gasteiger partial charge on any atom is 0.408 e. The number of carbonyl (C=O) groups excluding carboxylic acids is 1. The molecule has 1 aromatic rings. The van der Waals surface area contributed by atoms with Crippen molar-refractivity contribution in [3.63, 3.8) is 0 Å². The van der Waals surface area contributed by atoms with E-state index in [9.17, 15) is 14.7 Å². The number of aliphatic carboxylic acids is 1. The van der Waals surface area contributed by atoms with Crippen molar-refractivity contribution < 1.29 is 19.4 Å². The van der Waals surface area contributed by atoms with Gasteiger partial charge in [0.1, 0.15) is 11.6 Å². The van der Waals surface area contributed by atoms with Gasteiger partial charge in [-0.05, 0) is 32.8 Å². The highest BCUT2D eigenvalue weighted by Gasteiger charge is 2.31. The number of carbonyl (C=O) groups is 2. The van der Waals surface area contributed by atoms with E-state index in [4.69, 9.17) is 4.74 Å². The fourth-order valence-electron chi connectivity index (χ4n) is 2.13. The molecule has 0 bridgehead atoms. The maximum atomic E-state index is 11.8. The molecule has 0 saturated heterocycles. The van der Waals surface area contributed by atoms with Crippen LogP contribution in [-0.4, -0.2) is 28.8 Å². The molecular weight excluding hydrogens is 270 g/mol. The number of rotatable bonds is 5. The standard InChI is InChI=1S/C16H23NO4/c1-5-12(11-9-7-6-8-10-11)13(14(18)19)17-15(20)21-16(2,3)4/h6-10,12-13H,5H2,1-4H3,(H,17,20)(H,18,19)/t12-,13-/m0/s1. The van der Waals surface area contributed by atoms with Crippen molar-refractivity contribution in [3.05, 3.63) is 35.9 Å². The minimum atomic E-state index is -1.07. The first-order valence-electron chi connectivity index (χ1n) is 7.02. The van der Waals surface area contributed by atoms with Crippen LogP contribution >= 0.6 is 0 Å². The predicted octanol–water partition coefficient (Wildman–Crippen LogP) is 3.16. The number of benzene rings is 1. The van der Waals surface area contributed by atoms with Gasteiger partial charge in [-0.25, -0.2) is 9.59 Å². The number of hydrogen-bond acceptors (Lipinski definition) is 3. The van der Waals surface area contributed by atoms with Gasteiger partial charge in [0.25, 0.3) is 0 Å². The highest BCUT2D eigenvalue weighted by Crippen LogP contribution is 2.24. The second-order valence-corrected chi connectivity index (χ2v) is 5.89. The van der Waals surface area contributed by atoms with Crippen molar-refractivity contribution >= 4 is 12.1 Å². The lowest BCUT2D eigenvalue weighted by Crippen LogP contribution is -2.46. The van der Waals surface area contributed by atoms with Gasteiger partial charge < -0.3 is 15.2 Å². The molecule has 5 heteroatoms. The number of alkyl carbamates (subject to hydrolysis) is 1. The van der Waals surface area contributed by atoms with E-state index in [-0.39, 0.29) is 5.92 Å². The molecule has 1 rings (SSSR count). The number of ether oxygens (including phenoxy) is 1. The molecule has 0 aliphatic rings. The Balaban J connectivity index is 2.90. The first kappa shape index (κ1) is 17.0. The van der Waals surface area contributed by atoms with E-state index in [0.29, 0.717) is 6.42 Å². The fraction of sp³-hybridized carbons (Fsp3) is 0.500. The molecule has 0 heterocycles. The van der Waals surface area contributed by atoms with Gasteiger partial charge in [0, 0.05) is 5.92 Å². The summed E-state index contributed by atoms with van der Waals surface area (Å²) in [7, 11) is 0. The van der Waals surface area contributed by atoms with Crippen LogP contribution in [0.3, 0.4) is 0 Å². The third kappa shape index (κ3) is 5.45. The van der Waals surface area contributed by atoms with Crippen LogP contribution in [0, 0.1) is 0 Å². The zero-order chi connectivity index (χ0) is 16.0. The minimum Gasteiger partial charge on any atom is -0.480 e. The van der Waals surface area contributed by atoms with Crippen LogP contribution in [0.2, 0.25) is 0 Å². The first-order chi connectivity index (χ1) is 9.74. The lowest BCUT2D eigenvalue weighted by atomic mass is 9.89. The van der Waals surface area contributed by atoms with Crippen LogP contribution < -0.4 is 5.32 Å². The quantitative estimate of drug-likeness (QED) is 0.874. The summed E-state index contributed by atoms with van der Waals surface area (Å²) in [4.78, 5) is 23.3. The van der Waals surface area contributed by atoms with Crippen molar-refractivity contribution in [2.45, 2.75) is 51.7 Å². The number of hydrogen-bond donors (Lipinski definition) is 2. The Hall–Kier alpha value is -2.04. The summed E-state index contributed by atoms with van der Waals surface area (Å²) in [6, 6.07) is 8.27. The van der Waals surface area contributed by atoms with Crippen molar-refractivity contribution in [1.82, 2.24) is 5.32 Å². The lowest BCUT2D eigenvalue weighted by molar-refractivity contribution is -0.140. The van der Waals surface area contributed by atoms with E-state index in [1.165, 1.54) is 0 Å². The number of carboxylic acids is 1. The molecule has 0 aromatic heterocycles. The second kappa shape index (κ2) is 7.11. The Morgan fingerprint density at radius 3 is 2.24 bits per heavy atom. The summed E-state index contributed by atoms with van der Waals surface area (Å²) < 4.78 is 5.14. The Morgan fingerprint density at radius 2 is 1.81 bits per heavy atom. The molecule has 2 atom stereocenters. The predicted molar refractivity (Wildman–Crippen MR) is 80.3 cm³/mol. The SMILES string of the molecule is CC[C@@H](c1ccccc1)[C@H](NC(=O)OC(C)(C)C)C(=O)O. The smallest absolute Gasteiger partial charge is 0.408 e. The molecule has 1 aromatic carbocycles. The molecule has 0 spiro atoms. The van der Waals surface area contributed by atoms with Crippen LogP contribution in [0.25, 0.3) is 0 Å². The van der Waals surface area contributed by atoms with Gasteiger partial charge in [0.05, 0.1) is 0 Å². The summed E-state index contributed by atoms with van der Waals surface area (Å²) in [5, 5.41) is 11.9. The van der Waals surface area contributed by atoms with E-state index >= 15 is 0 Å². The summed E-state index contributed by atoms with van der Waals surface area (Å²) in [6.45, 7) is 7.09. The molecule has 5 nitrogen and oxygen atoms in total. The second-order valence-electron chi connectivity index (χ2n) is 5.89. The van der Waals surface area contributed by atoms with Gasteiger partial charge in [0.2, 0.25) is 0 Å². The van der Waals surface area contributed by atoms with Gasteiger partial charge in [-0.15, -0.1) is 0 Å². The van der Waals surface area contributed by atoms with Gasteiger partial charge in [0.15, 0.2) is 0 Å². The Labute approximate surface area is 125 Å². The fourth-order valence-corrected chi connectivity index (χ4v) is 2.13. The minimum absolute atomic E-state index is 0.309. The molecule has 0 aliphatic carbocycles. The number of nitrogens with one attached hydrogen (secondary N) is 1. The van der Waals surface area contributed by atoms with Crippen LogP contribution in [0.15, 0.2) is 30.3 Å². The van der Waals surface area contributed by atoms with Gasteiger partial charge >= 0.3 is 12.1 Å². The maximum absolute atomic E-state index is 11.8. The third-order valence-corrected chi connectivity index (χ3v) is 3.01. The van der Waals surface area contributed by atoms with E-state index in [2.05, 4.69) is 5.32 Å².